The van der Waals surface area contributed by atoms with Crippen LogP contribution in [0.25, 0.3) is 22.3 Å². The van der Waals surface area contributed by atoms with E-state index in [0.29, 0.717) is 27.2 Å². The first-order chi connectivity index (χ1) is 15.4. The van der Waals surface area contributed by atoms with Crippen LogP contribution >= 0.6 is 11.6 Å². The van der Waals surface area contributed by atoms with E-state index in [1.807, 2.05) is 13.8 Å². The Kier molecular flexibility index (Phi) is 5.87. The quantitative estimate of drug-likeness (QED) is 0.427. The van der Waals surface area contributed by atoms with Gasteiger partial charge in [-0.05, 0) is 51.1 Å². The summed E-state index contributed by atoms with van der Waals surface area (Å²) in [6.45, 7) is 5.57. The third-order valence-electron chi connectivity index (χ3n) is 4.85. The number of hydrogen-bond donors (Lipinski definition) is 1. The van der Waals surface area contributed by atoms with Crippen LogP contribution in [0.1, 0.15) is 39.0 Å². The standard InChI is InChI=1S/C23H19ClN4O4/c1-4-31-23(30)19-20(14-5-8-16(24)9-6-14)28-32-22(19)27-21(29)15-7-10-17-18(11-15)26-13(3)12(2)25-17/h5-11H,4H2,1-3H3,(H,27,29). The maximum atomic E-state index is 12.9. The van der Waals surface area contributed by atoms with Gasteiger partial charge in [-0.1, -0.05) is 28.9 Å². The lowest BCUT2D eigenvalue weighted by atomic mass is 10.1. The number of carbonyl (C=O) groups is 2. The van der Waals surface area contributed by atoms with Crippen molar-refractivity contribution in [3.63, 3.8) is 0 Å². The van der Waals surface area contributed by atoms with Gasteiger partial charge in [-0.2, -0.15) is 0 Å². The molecule has 2 heterocycles. The van der Waals surface area contributed by atoms with Crippen LogP contribution in [0.5, 0.6) is 0 Å². The first kappa shape index (κ1) is 21.5. The molecule has 0 fully saturated rings. The van der Waals surface area contributed by atoms with E-state index in [4.69, 9.17) is 20.9 Å². The van der Waals surface area contributed by atoms with Gasteiger partial charge in [-0.25, -0.2) is 14.8 Å². The van der Waals surface area contributed by atoms with Crippen LogP contribution in [0.3, 0.4) is 0 Å². The molecule has 9 heteroatoms. The topological polar surface area (TPSA) is 107 Å². The van der Waals surface area contributed by atoms with Gasteiger partial charge in [0, 0.05) is 16.1 Å². The van der Waals surface area contributed by atoms with Crippen molar-refractivity contribution in [3.05, 3.63) is 70.0 Å². The molecule has 0 unspecified atom stereocenters. The van der Waals surface area contributed by atoms with Gasteiger partial charge in [0.25, 0.3) is 5.91 Å². The van der Waals surface area contributed by atoms with Crippen molar-refractivity contribution >= 4 is 40.4 Å². The van der Waals surface area contributed by atoms with Crippen LogP contribution in [0.15, 0.2) is 47.0 Å². The van der Waals surface area contributed by atoms with Gasteiger partial charge in [-0.3, -0.25) is 10.1 Å². The number of esters is 1. The SMILES string of the molecule is CCOC(=O)c1c(-c2ccc(Cl)cc2)noc1NC(=O)c1ccc2nc(C)c(C)nc2c1. The highest BCUT2D eigenvalue weighted by atomic mass is 35.5. The maximum Gasteiger partial charge on any atom is 0.346 e. The van der Waals surface area contributed by atoms with Crippen molar-refractivity contribution in [2.45, 2.75) is 20.8 Å². The number of halogens is 1. The van der Waals surface area contributed by atoms with Crippen molar-refractivity contribution in [2.24, 2.45) is 0 Å². The van der Waals surface area contributed by atoms with Crippen LogP contribution in [-0.2, 0) is 4.74 Å². The van der Waals surface area contributed by atoms with Gasteiger partial charge in [0.15, 0.2) is 5.56 Å². The van der Waals surface area contributed by atoms with E-state index < -0.39 is 11.9 Å². The Morgan fingerprint density at radius 3 is 2.41 bits per heavy atom. The summed E-state index contributed by atoms with van der Waals surface area (Å²) in [7, 11) is 0. The van der Waals surface area contributed by atoms with Crippen LogP contribution in [0.2, 0.25) is 5.02 Å². The average molecular weight is 451 g/mol. The molecule has 4 rings (SSSR count). The molecule has 0 aliphatic rings. The second-order valence-electron chi connectivity index (χ2n) is 7.01. The Balaban J connectivity index is 1.69. The van der Waals surface area contributed by atoms with Crippen molar-refractivity contribution in [1.29, 1.82) is 0 Å². The summed E-state index contributed by atoms with van der Waals surface area (Å²) in [6, 6.07) is 11.7. The Labute approximate surface area is 188 Å². The third-order valence-corrected chi connectivity index (χ3v) is 5.11. The van der Waals surface area contributed by atoms with E-state index in [-0.39, 0.29) is 23.7 Å². The van der Waals surface area contributed by atoms with Gasteiger partial charge in [-0.15, -0.1) is 0 Å². The van der Waals surface area contributed by atoms with Gasteiger partial charge in [0.05, 0.1) is 29.0 Å². The molecule has 32 heavy (non-hydrogen) atoms. The molecule has 162 valence electrons. The largest absolute Gasteiger partial charge is 0.462 e. The van der Waals surface area contributed by atoms with E-state index >= 15 is 0 Å². The Morgan fingerprint density at radius 2 is 1.72 bits per heavy atom. The molecule has 8 nitrogen and oxygen atoms in total. The molecule has 0 spiro atoms. The third kappa shape index (κ3) is 4.17. The Bertz CT molecular complexity index is 1330. The average Bonchev–Trinajstić information content (AvgIpc) is 3.18. The normalized spacial score (nSPS) is 10.9. The number of nitrogens with zero attached hydrogens (tertiary/aromatic N) is 3. The number of ether oxygens (including phenoxy) is 1. The van der Waals surface area contributed by atoms with Crippen molar-refractivity contribution in [1.82, 2.24) is 15.1 Å². The highest BCUT2D eigenvalue weighted by molar-refractivity contribution is 6.30. The van der Waals surface area contributed by atoms with Crippen LogP contribution < -0.4 is 5.32 Å². The molecule has 2 aromatic carbocycles. The zero-order valence-electron chi connectivity index (χ0n) is 17.6. The molecule has 4 aromatic rings. The molecule has 1 N–H and O–H groups in total. The predicted octanol–water partition coefficient (Wildman–Crippen LogP) is 4.98. The maximum absolute atomic E-state index is 12.9. The highest BCUT2D eigenvalue weighted by Gasteiger charge is 2.27. The number of rotatable bonds is 5. The Morgan fingerprint density at radius 1 is 1.03 bits per heavy atom. The number of amides is 1. The molecule has 0 aliphatic carbocycles. The summed E-state index contributed by atoms with van der Waals surface area (Å²) in [5.74, 6) is -1.26. The fourth-order valence-electron chi connectivity index (χ4n) is 3.12. The summed E-state index contributed by atoms with van der Waals surface area (Å²) < 4.78 is 10.5. The number of benzene rings is 2. The molecule has 0 saturated heterocycles. The summed E-state index contributed by atoms with van der Waals surface area (Å²) >= 11 is 5.95. The minimum absolute atomic E-state index is 0.0228. The summed E-state index contributed by atoms with van der Waals surface area (Å²) in [5.41, 5.74) is 4.06. The fraction of sp³-hybridized carbons (Fsp3) is 0.174. The monoisotopic (exact) mass is 450 g/mol. The molecule has 0 radical (unpaired) electrons. The molecular weight excluding hydrogens is 432 g/mol. The van der Waals surface area contributed by atoms with Crippen molar-refractivity contribution in [3.8, 4) is 11.3 Å². The van der Waals surface area contributed by atoms with Crippen LogP contribution in [-0.4, -0.2) is 33.6 Å². The van der Waals surface area contributed by atoms with E-state index in [2.05, 4.69) is 20.4 Å². The molecule has 1 amide bonds. The van der Waals surface area contributed by atoms with E-state index in [1.165, 1.54) is 0 Å². The number of carbonyl (C=O) groups excluding carboxylic acids is 2. The number of anilines is 1. The van der Waals surface area contributed by atoms with E-state index in [0.717, 1.165) is 11.4 Å². The minimum Gasteiger partial charge on any atom is -0.462 e. The number of nitrogens with one attached hydrogen (secondary N) is 1. The minimum atomic E-state index is -0.663. The predicted molar refractivity (Wildman–Crippen MR) is 120 cm³/mol. The lowest BCUT2D eigenvalue weighted by Crippen LogP contribution is -2.15. The van der Waals surface area contributed by atoms with Crippen molar-refractivity contribution < 1.29 is 18.8 Å². The molecule has 0 aliphatic heterocycles. The fourth-order valence-corrected chi connectivity index (χ4v) is 3.25. The first-order valence-corrected chi connectivity index (χ1v) is 10.2. The number of aryl methyl sites for hydroxylation is 2. The molecular formula is C23H19ClN4O4. The van der Waals surface area contributed by atoms with Gasteiger partial charge in [0.2, 0.25) is 5.88 Å². The number of aromatic nitrogens is 3. The number of hydrogen-bond acceptors (Lipinski definition) is 7. The molecule has 2 aromatic heterocycles. The van der Waals surface area contributed by atoms with Crippen LogP contribution in [0.4, 0.5) is 5.88 Å². The van der Waals surface area contributed by atoms with Gasteiger partial charge < -0.3 is 9.26 Å². The smallest absolute Gasteiger partial charge is 0.346 e. The summed E-state index contributed by atoms with van der Waals surface area (Å²) in [6.07, 6.45) is 0. The highest BCUT2D eigenvalue weighted by Crippen LogP contribution is 2.31. The van der Waals surface area contributed by atoms with Crippen LogP contribution in [0, 0.1) is 13.8 Å². The summed E-state index contributed by atoms with van der Waals surface area (Å²) in [4.78, 5) is 34.5. The summed E-state index contributed by atoms with van der Waals surface area (Å²) in [5, 5.41) is 7.13. The van der Waals surface area contributed by atoms with Crippen molar-refractivity contribution in [2.75, 3.05) is 11.9 Å². The lowest BCUT2D eigenvalue weighted by Gasteiger charge is -2.07. The van der Waals surface area contributed by atoms with Gasteiger partial charge >= 0.3 is 5.97 Å². The number of fused-ring (bicyclic) bond motifs is 1. The lowest BCUT2D eigenvalue weighted by molar-refractivity contribution is 0.0528. The Hall–Kier alpha value is -3.78. The zero-order chi connectivity index (χ0) is 22.8. The second kappa shape index (κ2) is 8.76. The van der Waals surface area contributed by atoms with Gasteiger partial charge in [0.1, 0.15) is 5.69 Å². The van der Waals surface area contributed by atoms with E-state index in [9.17, 15) is 9.59 Å². The molecule has 0 saturated carbocycles. The van der Waals surface area contributed by atoms with E-state index in [1.54, 1.807) is 49.4 Å². The zero-order valence-corrected chi connectivity index (χ0v) is 18.4. The molecule has 0 bridgehead atoms. The molecule has 0 atom stereocenters. The first-order valence-electron chi connectivity index (χ1n) is 9.86. The second-order valence-corrected chi connectivity index (χ2v) is 7.45.